The molecule has 0 aliphatic heterocycles. The van der Waals surface area contributed by atoms with E-state index in [1.807, 2.05) is 0 Å². The molecule has 16 heavy (non-hydrogen) atoms. The van der Waals surface area contributed by atoms with Gasteiger partial charge >= 0.3 is 6.09 Å². The zero-order valence-corrected chi connectivity index (χ0v) is 10.0. The Morgan fingerprint density at radius 3 is 2.06 bits per heavy atom. The van der Waals surface area contributed by atoms with Crippen LogP contribution in [0.3, 0.4) is 0 Å². The first kappa shape index (κ1) is 14.4. The third-order valence-corrected chi connectivity index (χ3v) is 1.33. The fourth-order valence-electron chi connectivity index (χ4n) is 0.752. The maximum atomic E-state index is 11.1. The van der Waals surface area contributed by atoms with Gasteiger partial charge in [0.25, 0.3) is 0 Å². The van der Waals surface area contributed by atoms with Crippen molar-refractivity contribution < 1.29 is 19.1 Å². The second-order valence-electron chi connectivity index (χ2n) is 4.33. The Bertz CT molecular complexity index is 281. The molecule has 0 atom stereocenters. The number of hydrogen-bond donors (Lipinski definition) is 2. The minimum Gasteiger partial charge on any atom is -0.444 e. The lowest BCUT2D eigenvalue weighted by atomic mass is 10.2. The second-order valence-corrected chi connectivity index (χ2v) is 4.33. The molecule has 2 amide bonds. The molecule has 0 aromatic carbocycles. The summed E-state index contributed by atoms with van der Waals surface area (Å²) in [7, 11) is 0. The highest BCUT2D eigenvalue weighted by Gasteiger charge is 2.16. The summed E-state index contributed by atoms with van der Waals surface area (Å²) in [5.41, 5.74) is -0.597. The summed E-state index contributed by atoms with van der Waals surface area (Å²) < 4.78 is 4.92. The van der Waals surface area contributed by atoms with E-state index >= 15 is 0 Å². The Balaban J connectivity index is 3.76. The minimum absolute atomic E-state index is 0.0329. The van der Waals surface area contributed by atoms with Crippen molar-refractivity contribution in [3.63, 3.8) is 0 Å². The summed E-state index contributed by atoms with van der Waals surface area (Å²) in [5.74, 6) is -0.577. The van der Waals surface area contributed by atoms with E-state index in [0.717, 1.165) is 0 Å². The Labute approximate surface area is 94.7 Å². The molecule has 0 aliphatic rings. The normalized spacial score (nSPS) is 10.5. The minimum atomic E-state index is -0.662. The summed E-state index contributed by atoms with van der Waals surface area (Å²) in [5, 5.41) is 4.62. The topological polar surface area (TPSA) is 84.5 Å². The van der Waals surface area contributed by atoms with Crippen molar-refractivity contribution in [3.8, 4) is 0 Å². The number of nitrogens with one attached hydrogen (secondary N) is 2. The molecule has 0 bridgehead atoms. The molecule has 0 fully saturated rings. The van der Waals surface area contributed by atoms with E-state index in [0.29, 0.717) is 0 Å². The van der Waals surface area contributed by atoms with Crippen LogP contribution < -0.4 is 10.6 Å². The average molecular weight is 230 g/mol. The number of ketones is 1. The molecule has 0 saturated heterocycles. The van der Waals surface area contributed by atoms with Gasteiger partial charge in [-0.2, -0.15) is 0 Å². The summed E-state index contributed by atoms with van der Waals surface area (Å²) in [4.78, 5) is 32.8. The van der Waals surface area contributed by atoms with Crippen LogP contribution in [-0.4, -0.2) is 36.5 Å². The van der Waals surface area contributed by atoms with Crippen LogP contribution >= 0.6 is 0 Å². The van der Waals surface area contributed by atoms with Crippen molar-refractivity contribution in [2.75, 3.05) is 13.1 Å². The van der Waals surface area contributed by atoms with Gasteiger partial charge in [-0.25, -0.2) is 4.79 Å². The maximum Gasteiger partial charge on any atom is 0.408 e. The van der Waals surface area contributed by atoms with Gasteiger partial charge in [-0.3, -0.25) is 9.59 Å². The van der Waals surface area contributed by atoms with Crippen LogP contribution in [0.2, 0.25) is 0 Å². The standard InChI is InChI=1S/C10H18N2O4/c1-7(13)5-11-8(14)6-12-9(15)16-10(2,3)4/h5-6H2,1-4H3,(H,11,14)(H,12,15). The van der Waals surface area contributed by atoms with Gasteiger partial charge in [0.15, 0.2) is 0 Å². The van der Waals surface area contributed by atoms with Crippen LogP contribution in [-0.2, 0) is 14.3 Å². The van der Waals surface area contributed by atoms with Gasteiger partial charge in [0, 0.05) is 0 Å². The van der Waals surface area contributed by atoms with Crippen molar-refractivity contribution in [2.45, 2.75) is 33.3 Å². The van der Waals surface area contributed by atoms with E-state index in [9.17, 15) is 14.4 Å². The van der Waals surface area contributed by atoms with Gasteiger partial charge < -0.3 is 15.4 Å². The van der Waals surface area contributed by atoms with Crippen LogP contribution in [0.25, 0.3) is 0 Å². The van der Waals surface area contributed by atoms with Crippen LogP contribution in [0, 0.1) is 0 Å². The fourth-order valence-corrected chi connectivity index (χ4v) is 0.752. The predicted octanol–water partition coefficient (Wildman–Crippen LogP) is 0.216. The number of Topliss-reactive ketones (excluding diaryl/α,β-unsaturated/α-hetero) is 1. The molecule has 2 N–H and O–H groups in total. The number of alkyl carbamates (subject to hydrolysis) is 1. The van der Waals surface area contributed by atoms with Gasteiger partial charge in [-0.15, -0.1) is 0 Å². The lowest BCUT2D eigenvalue weighted by Crippen LogP contribution is -2.40. The molecule has 0 saturated carbocycles. The smallest absolute Gasteiger partial charge is 0.408 e. The maximum absolute atomic E-state index is 11.1. The Kier molecular flexibility index (Phi) is 5.49. The van der Waals surface area contributed by atoms with Gasteiger partial charge in [0.2, 0.25) is 5.91 Å². The van der Waals surface area contributed by atoms with Gasteiger partial charge in [0.1, 0.15) is 17.9 Å². The molecule has 6 heteroatoms. The van der Waals surface area contributed by atoms with Crippen molar-refractivity contribution in [1.29, 1.82) is 0 Å². The highest BCUT2D eigenvalue weighted by molar-refractivity contribution is 5.86. The highest BCUT2D eigenvalue weighted by Crippen LogP contribution is 2.05. The molecule has 6 nitrogen and oxygen atoms in total. The van der Waals surface area contributed by atoms with E-state index in [1.54, 1.807) is 20.8 Å². The Morgan fingerprint density at radius 2 is 1.62 bits per heavy atom. The van der Waals surface area contributed by atoms with Crippen molar-refractivity contribution >= 4 is 17.8 Å². The van der Waals surface area contributed by atoms with E-state index < -0.39 is 17.6 Å². The molecule has 0 spiro atoms. The summed E-state index contributed by atoms with van der Waals surface area (Å²) in [6, 6.07) is 0. The quantitative estimate of drug-likeness (QED) is 0.723. The monoisotopic (exact) mass is 230 g/mol. The van der Waals surface area contributed by atoms with Crippen LogP contribution in [0.5, 0.6) is 0 Å². The Morgan fingerprint density at radius 1 is 1.06 bits per heavy atom. The van der Waals surface area contributed by atoms with E-state index in [-0.39, 0.29) is 18.9 Å². The fraction of sp³-hybridized carbons (Fsp3) is 0.700. The number of rotatable bonds is 4. The van der Waals surface area contributed by atoms with E-state index in [1.165, 1.54) is 6.92 Å². The summed E-state index contributed by atoms with van der Waals surface area (Å²) >= 11 is 0. The number of carbonyl (C=O) groups is 3. The lowest BCUT2D eigenvalue weighted by molar-refractivity contribution is -0.123. The molecule has 0 unspecified atom stereocenters. The molecule has 0 heterocycles. The number of carbonyl (C=O) groups excluding carboxylic acids is 3. The van der Waals surface area contributed by atoms with E-state index in [4.69, 9.17) is 4.74 Å². The number of amides is 2. The van der Waals surface area contributed by atoms with Gasteiger partial charge in [-0.1, -0.05) is 0 Å². The molecular formula is C10H18N2O4. The first-order chi connectivity index (χ1) is 7.20. The molecule has 0 rings (SSSR count). The molecule has 0 radical (unpaired) electrons. The molecule has 0 aliphatic carbocycles. The first-order valence-corrected chi connectivity index (χ1v) is 4.93. The van der Waals surface area contributed by atoms with Crippen LogP contribution in [0.4, 0.5) is 4.79 Å². The molecule has 92 valence electrons. The zero-order chi connectivity index (χ0) is 12.8. The molecule has 0 aromatic rings. The number of ether oxygens (including phenoxy) is 1. The third kappa shape index (κ3) is 8.98. The van der Waals surface area contributed by atoms with Gasteiger partial charge in [0.05, 0.1) is 6.54 Å². The SMILES string of the molecule is CC(=O)CNC(=O)CNC(=O)OC(C)(C)C. The first-order valence-electron chi connectivity index (χ1n) is 4.93. The van der Waals surface area contributed by atoms with Crippen molar-refractivity contribution in [1.82, 2.24) is 10.6 Å². The Hall–Kier alpha value is -1.59. The largest absolute Gasteiger partial charge is 0.444 e. The van der Waals surface area contributed by atoms with Crippen molar-refractivity contribution in [2.24, 2.45) is 0 Å². The van der Waals surface area contributed by atoms with Gasteiger partial charge in [-0.05, 0) is 27.7 Å². The van der Waals surface area contributed by atoms with Crippen LogP contribution in [0.15, 0.2) is 0 Å². The highest BCUT2D eigenvalue weighted by atomic mass is 16.6. The predicted molar refractivity (Wildman–Crippen MR) is 57.9 cm³/mol. The van der Waals surface area contributed by atoms with Crippen LogP contribution in [0.1, 0.15) is 27.7 Å². The van der Waals surface area contributed by atoms with E-state index in [2.05, 4.69) is 10.6 Å². The summed E-state index contributed by atoms with van der Waals surface area (Å²) in [6.07, 6.45) is -0.662. The zero-order valence-electron chi connectivity index (χ0n) is 10.0. The number of hydrogen-bond acceptors (Lipinski definition) is 4. The molecule has 0 aromatic heterocycles. The lowest BCUT2D eigenvalue weighted by Gasteiger charge is -2.19. The second kappa shape index (κ2) is 6.09. The summed E-state index contributed by atoms with van der Waals surface area (Å²) in [6.45, 7) is 6.30. The molecular weight excluding hydrogens is 212 g/mol. The average Bonchev–Trinajstić information content (AvgIpc) is 2.08. The third-order valence-electron chi connectivity index (χ3n) is 1.33. The van der Waals surface area contributed by atoms with Crippen molar-refractivity contribution in [3.05, 3.63) is 0 Å².